The molecular formula is C13H24N2O3S. The molecule has 0 radical (unpaired) electrons. The molecule has 6 heteroatoms. The van der Waals surface area contributed by atoms with E-state index in [1.807, 2.05) is 0 Å². The van der Waals surface area contributed by atoms with Crippen molar-refractivity contribution in [1.82, 2.24) is 4.90 Å². The average Bonchev–Trinajstić information content (AvgIpc) is 2.80. The van der Waals surface area contributed by atoms with Crippen molar-refractivity contribution < 1.29 is 13.2 Å². The Labute approximate surface area is 115 Å². The summed E-state index contributed by atoms with van der Waals surface area (Å²) in [5.41, 5.74) is 5.72. The molecule has 2 fully saturated rings. The number of carbonyl (C=O) groups excluding carboxylic acids is 1. The van der Waals surface area contributed by atoms with Crippen molar-refractivity contribution >= 4 is 15.7 Å². The summed E-state index contributed by atoms with van der Waals surface area (Å²) < 4.78 is 23.1. The summed E-state index contributed by atoms with van der Waals surface area (Å²) in [4.78, 5) is 14.3. The molecule has 0 spiro atoms. The number of sulfone groups is 1. The van der Waals surface area contributed by atoms with Gasteiger partial charge in [-0.1, -0.05) is 6.42 Å². The summed E-state index contributed by atoms with van der Waals surface area (Å²) in [7, 11) is -3.09. The largest absolute Gasteiger partial charge is 0.340 e. The second kappa shape index (κ2) is 5.05. The van der Waals surface area contributed by atoms with Crippen LogP contribution in [0.1, 0.15) is 33.1 Å². The molecule has 110 valence electrons. The van der Waals surface area contributed by atoms with Gasteiger partial charge in [-0.05, 0) is 39.2 Å². The molecule has 1 saturated carbocycles. The van der Waals surface area contributed by atoms with Gasteiger partial charge in [0.05, 0.1) is 10.5 Å². The standard InChI is InChI=1S/C13H24N2O3S/c1-13(2)9-15(6-7-19(13,17)18)12(16)11-5-3-4-10(11)8-14/h10-11H,3-9,14H2,1-2H3/t10-,11-/m1/s1. The van der Waals surface area contributed by atoms with Crippen molar-refractivity contribution in [1.29, 1.82) is 0 Å². The number of rotatable bonds is 2. The van der Waals surface area contributed by atoms with E-state index in [0.717, 1.165) is 19.3 Å². The van der Waals surface area contributed by atoms with Crippen LogP contribution in [0.15, 0.2) is 0 Å². The van der Waals surface area contributed by atoms with Gasteiger partial charge in [0.2, 0.25) is 5.91 Å². The molecule has 1 aliphatic heterocycles. The topological polar surface area (TPSA) is 80.5 Å². The zero-order valence-corrected chi connectivity index (χ0v) is 12.6. The molecule has 2 atom stereocenters. The molecule has 1 saturated heterocycles. The van der Waals surface area contributed by atoms with E-state index >= 15 is 0 Å². The van der Waals surface area contributed by atoms with Crippen LogP contribution in [0.2, 0.25) is 0 Å². The van der Waals surface area contributed by atoms with Crippen molar-refractivity contribution in [2.75, 3.05) is 25.4 Å². The van der Waals surface area contributed by atoms with Gasteiger partial charge in [0.25, 0.3) is 0 Å². The van der Waals surface area contributed by atoms with Gasteiger partial charge in [-0.2, -0.15) is 0 Å². The Morgan fingerprint density at radius 3 is 2.63 bits per heavy atom. The van der Waals surface area contributed by atoms with Crippen LogP contribution in [0.25, 0.3) is 0 Å². The van der Waals surface area contributed by atoms with E-state index in [4.69, 9.17) is 5.73 Å². The molecule has 0 aromatic carbocycles. The first-order valence-electron chi connectivity index (χ1n) is 6.99. The van der Waals surface area contributed by atoms with Crippen LogP contribution in [0.4, 0.5) is 0 Å². The third kappa shape index (κ3) is 2.65. The van der Waals surface area contributed by atoms with Crippen LogP contribution in [0, 0.1) is 11.8 Å². The molecule has 2 rings (SSSR count). The lowest BCUT2D eigenvalue weighted by Crippen LogP contribution is -2.56. The number of nitrogens with zero attached hydrogens (tertiary/aromatic N) is 1. The quantitative estimate of drug-likeness (QED) is 0.797. The van der Waals surface area contributed by atoms with Crippen LogP contribution in [0.5, 0.6) is 0 Å². The zero-order chi connectivity index (χ0) is 14.3. The average molecular weight is 288 g/mol. The second-order valence-electron chi connectivity index (χ2n) is 6.37. The normalized spacial score (nSPS) is 33.3. The van der Waals surface area contributed by atoms with E-state index in [-0.39, 0.29) is 23.5 Å². The van der Waals surface area contributed by atoms with E-state index in [1.165, 1.54) is 0 Å². The lowest BCUT2D eigenvalue weighted by atomic mass is 9.94. The fourth-order valence-corrected chi connectivity index (χ4v) is 4.58. The highest BCUT2D eigenvalue weighted by Crippen LogP contribution is 2.34. The molecule has 1 aliphatic carbocycles. The van der Waals surface area contributed by atoms with E-state index in [0.29, 0.717) is 19.6 Å². The van der Waals surface area contributed by atoms with Crippen molar-refractivity contribution in [3.8, 4) is 0 Å². The van der Waals surface area contributed by atoms with Crippen LogP contribution in [0.3, 0.4) is 0 Å². The summed E-state index contributed by atoms with van der Waals surface area (Å²) in [6.07, 6.45) is 2.96. The summed E-state index contributed by atoms with van der Waals surface area (Å²) in [5, 5.41) is 0. The van der Waals surface area contributed by atoms with Gasteiger partial charge < -0.3 is 10.6 Å². The van der Waals surface area contributed by atoms with Crippen LogP contribution < -0.4 is 5.73 Å². The highest BCUT2D eigenvalue weighted by Gasteiger charge is 2.44. The van der Waals surface area contributed by atoms with E-state index in [2.05, 4.69) is 0 Å². The molecule has 1 amide bonds. The van der Waals surface area contributed by atoms with Crippen LogP contribution in [-0.4, -0.2) is 49.4 Å². The number of hydrogen-bond donors (Lipinski definition) is 1. The fraction of sp³-hybridized carbons (Fsp3) is 0.923. The summed E-state index contributed by atoms with van der Waals surface area (Å²) in [6, 6.07) is 0. The maximum absolute atomic E-state index is 12.5. The van der Waals surface area contributed by atoms with Gasteiger partial charge in [-0.15, -0.1) is 0 Å². The highest BCUT2D eigenvalue weighted by atomic mass is 32.2. The third-order valence-electron chi connectivity index (χ3n) is 4.63. The molecule has 19 heavy (non-hydrogen) atoms. The minimum atomic E-state index is -3.09. The molecule has 0 unspecified atom stereocenters. The Hall–Kier alpha value is -0.620. The second-order valence-corrected chi connectivity index (χ2v) is 9.11. The van der Waals surface area contributed by atoms with Gasteiger partial charge in [-0.25, -0.2) is 8.42 Å². The maximum atomic E-state index is 12.5. The first-order chi connectivity index (χ1) is 8.78. The maximum Gasteiger partial charge on any atom is 0.226 e. The minimum Gasteiger partial charge on any atom is -0.340 e. The number of nitrogens with two attached hydrogens (primary N) is 1. The molecule has 2 aliphatic rings. The third-order valence-corrected chi connectivity index (χ3v) is 7.17. The molecule has 2 N–H and O–H groups in total. The van der Waals surface area contributed by atoms with Crippen LogP contribution in [-0.2, 0) is 14.6 Å². The predicted octanol–water partition coefficient (Wildman–Crippen LogP) is 0.397. The first-order valence-corrected chi connectivity index (χ1v) is 8.65. The SMILES string of the molecule is CC1(C)CN(C(=O)[C@@H]2CCC[C@@H]2CN)CCS1(=O)=O. The predicted molar refractivity (Wildman–Crippen MR) is 74.3 cm³/mol. The molecular weight excluding hydrogens is 264 g/mol. The van der Waals surface area contributed by atoms with Gasteiger partial charge in [0.1, 0.15) is 0 Å². The Balaban J connectivity index is 2.10. The zero-order valence-electron chi connectivity index (χ0n) is 11.8. The minimum absolute atomic E-state index is 0.00149. The monoisotopic (exact) mass is 288 g/mol. The Morgan fingerprint density at radius 1 is 1.37 bits per heavy atom. The van der Waals surface area contributed by atoms with Gasteiger partial charge in [-0.3, -0.25) is 4.79 Å². The first kappa shape index (κ1) is 14.8. The Morgan fingerprint density at radius 2 is 2.05 bits per heavy atom. The smallest absolute Gasteiger partial charge is 0.226 e. The van der Waals surface area contributed by atoms with E-state index < -0.39 is 14.6 Å². The van der Waals surface area contributed by atoms with Gasteiger partial charge in [0.15, 0.2) is 9.84 Å². The van der Waals surface area contributed by atoms with Gasteiger partial charge >= 0.3 is 0 Å². The number of amides is 1. The summed E-state index contributed by atoms with van der Waals surface area (Å²) in [5.74, 6) is 0.456. The van der Waals surface area contributed by atoms with Crippen molar-refractivity contribution in [2.24, 2.45) is 17.6 Å². The van der Waals surface area contributed by atoms with Gasteiger partial charge in [0, 0.05) is 19.0 Å². The van der Waals surface area contributed by atoms with E-state index in [1.54, 1.807) is 18.7 Å². The number of hydrogen-bond acceptors (Lipinski definition) is 4. The molecule has 0 bridgehead atoms. The molecule has 1 heterocycles. The Bertz CT molecular complexity index is 459. The van der Waals surface area contributed by atoms with Crippen molar-refractivity contribution in [2.45, 2.75) is 37.9 Å². The molecule has 5 nitrogen and oxygen atoms in total. The fourth-order valence-electron chi connectivity index (χ4n) is 3.21. The number of carbonyl (C=O) groups is 1. The summed E-state index contributed by atoms with van der Waals surface area (Å²) in [6.45, 7) is 4.60. The van der Waals surface area contributed by atoms with Crippen LogP contribution >= 0.6 is 0 Å². The lowest BCUT2D eigenvalue weighted by Gasteiger charge is -2.39. The Kier molecular flexibility index (Phi) is 3.93. The van der Waals surface area contributed by atoms with E-state index in [9.17, 15) is 13.2 Å². The molecule has 0 aromatic rings. The van der Waals surface area contributed by atoms with Crippen molar-refractivity contribution in [3.05, 3.63) is 0 Å². The highest BCUT2D eigenvalue weighted by molar-refractivity contribution is 7.92. The lowest BCUT2D eigenvalue weighted by molar-refractivity contribution is -0.137. The summed E-state index contributed by atoms with van der Waals surface area (Å²) >= 11 is 0. The molecule has 0 aromatic heterocycles. The van der Waals surface area contributed by atoms with Crippen molar-refractivity contribution in [3.63, 3.8) is 0 Å².